The van der Waals surface area contributed by atoms with Crippen molar-refractivity contribution in [2.75, 3.05) is 43.5 Å². The van der Waals surface area contributed by atoms with E-state index in [2.05, 4.69) is 26.6 Å². The lowest BCUT2D eigenvalue weighted by molar-refractivity contribution is -0.133. The molecule has 0 fully saturated rings. The Balaban J connectivity index is 1.56. The van der Waals surface area contributed by atoms with E-state index < -0.39 is 6.04 Å². The number of likely N-dealkylation sites (N-methyl/N-ethyl adjacent to an activating group) is 1. The van der Waals surface area contributed by atoms with E-state index in [1.165, 1.54) is 11.8 Å². The number of ether oxygens (including phenoxy) is 3. The molecule has 14 heteroatoms. The number of hydrogen-bond acceptors (Lipinski definition) is 9. The Morgan fingerprint density at radius 2 is 1.70 bits per heavy atom. The van der Waals surface area contributed by atoms with Crippen LogP contribution in [0.3, 0.4) is 0 Å². The number of aromatic nitrogens is 3. The van der Waals surface area contributed by atoms with E-state index in [1.807, 2.05) is 89.2 Å². The lowest BCUT2D eigenvalue weighted by Crippen LogP contribution is -2.34. The van der Waals surface area contributed by atoms with Gasteiger partial charge in [0.1, 0.15) is 11.8 Å². The SMILES string of the molecule is CCOc1ccccc1NC(=O)C1=C(C)Nc2nc(SCc3ccccc3Cl)nn2C1c1cc(Br)c(OCC(=O)N(CC)CC)c(OCC)c1. The highest BCUT2D eigenvalue weighted by molar-refractivity contribution is 9.10. The van der Waals surface area contributed by atoms with Gasteiger partial charge in [-0.1, -0.05) is 53.7 Å². The van der Waals surface area contributed by atoms with Gasteiger partial charge in [-0.05, 0) is 92.0 Å². The number of nitrogens with zero attached hydrogens (tertiary/aromatic N) is 4. The van der Waals surface area contributed by atoms with Crippen molar-refractivity contribution in [3.05, 3.63) is 92.6 Å². The molecule has 264 valence electrons. The summed E-state index contributed by atoms with van der Waals surface area (Å²) < 4.78 is 20.1. The van der Waals surface area contributed by atoms with Crippen LogP contribution in [0, 0.1) is 0 Å². The minimum absolute atomic E-state index is 0.134. The van der Waals surface area contributed by atoms with E-state index in [0.717, 1.165) is 5.56 Å². The van der Waals surface area contributed by atoms with Crippen molar-refractivity contribution < 1.29 is 23.8 Å². The van der Waals surface area contributed by atoms with E-state index in [-0.39, 0.29) is 18.4 Å². The number of halogens is 2. The van der Waals surface area contributed by atoms with Crippen LogP contribution in [-0.2, 0) is 15.3 Å². The van der Waals surface area contributed by atoms with E-state index in [4.69, 9.17) is 35.9 Å². The molecule has 0 saturated heterocycles. The first-order valence-electron chi connectivity index (χ1n) is 16.4. The lowest BCUT2D eigenvalue weighted by Gasteiger charge is -2.29. The quantitative estimate of drug-likeness (QED) is 0.116. The van der Waals surface area contributed by atoms with Gasteiger partial charge in [-0.3, -0.25) is 9.59 Å². The summed E-state index contributed by atoms with van der Waals surface area (Å²) in [4.78, 5) is 33.6. The molecule has 1 atom stereocenters. The molecule has 2 amide bonds. The van der Waals surface area contributed by atoms with Crippen LogP contribution in [0.4, 0.5) is 11.6 Å². The summed E-state index contributed by atoms with van der Waals surface area (Å²) in [5, 5.41) is 12.4. The fourth-order valence-corrected chi connectivity index (χ4v) is 7.23. The highest BCUT2D eigenvalue weighted by Crippen LogP contribution is 2.44. The summed E-state index contributed by atoms with van der Waals surface area (Å²) in [6, 6.07) is 17.9. The first-order valence-corrected chi connectivity index (χ1v) is 18.5. The molecule has 50 heavy (non-hydrogen) atoms. The zero-order valence-electron chi connectivity index (χ0n) is 28.6. The standard InChI is InChI=1S/C36H40BrClN6O5S/c1-6-43(7-2)30(45)20-49-33-25(37)18-24(19-29(33)48-9-4)32-31(34(46)40-27-16-12-13-17-28(27)47-8-3)22(5)39-35-41-36(42-44(32)35)50-21-23-14-10-11-15-26(23)38/h10-19,32H,6-9,20-21H2,1-5H3,(H,40,46)(H,39,41,42). The number of allylic oxidation sites excluding steroid dienone is 1. The van der Waals surface area contributed by atoms with Crippen LogP contribution in [-0.4, -0.2) is 64.4 Å². The molecule has 0 spiro atoms. The zero-order valence-corrected chi connectivity index (χ0v) is 31.7. The van der Waals surface area contributed by atoms with Gasteiger partial charge in [-0.15, -0.1) is 5.10 Å². The summed E-state index contributed by atoms with van der Waals surface area (Å²) in [6.07, 6.45) is 0. The topological polar surface area (TPSA) is 120 Å². The number of nitrogens with one attached hydrogen (secondary N) is 2. The molecule has 0 saturated carbocycles. The van der Waals surface area contributed by atoms with Gasteiger partial charge in [-0.25, -0.2) is 4.68 Å². The third-order valence-electron chi connectivity index (χ3n) is 7.93. The number of thioether (sulfide) groups is 1. The third-order valence-corrected chi connectivity index (χ3v) is 9.78. The van der Waals surface area contributed by atoms with Crippen LogP contribution in [0.5, 0.6) is 17.2 Å². The molecule has 4 aromatic rings. The second-order valence-corrected chi connectivity index (χ2v) is 13.3. The number of rotatable bonds is 15. The van der Waals surface area contributed by atoms with Gasteiger partial charge < -0.3 is 29.7 Å². The number of carbonyl (C=O) groups is 2. The predicted molar refractivity (Wildman–Crippen MR) is 200 cm³/mol. The largest absolute Gasteiger partial charge is 0.492 e. The zero-order chi connectivity index (χ0) is 35.8. The second kappa shape index (κ2) is 17.1. The molecule has 5 rings (SSSR count). The van der Waals surface area contributed by atoms with Crippen molar-refractivity contribution in [1.29, 1.82) is 0 Å². The lowest BCUT2D eigenvalue weighted by atomic mass is 9.94. The Morgan fingerprint density at radius 1 is 1.00 bits per heavy atom. The maximum atomic E-state index is 14.3. The molecule has 2 heterocycles. The van der Waals surface area contributed by atoms with Crippen molar-refractivity contribution in [2.24, 2.45) is 0 Å². The van der Waals surface area contributed by atoms with Crippen molar-refractivity contribution in [3.8, 4) is 17.2 Å². The van der Waals surface area contributed by atoms with Gasteiger partial charge in [-0.2, -0.15) is 4.98 Å². The number of para-hydroxylation sites is 2. The van der Waals surface area contributed by atoms with E-state index in [0.29, 0.717) is 92.4 Å². The van der Waals surface area contributed by atoms with E-state index >= 15 is 0 Å². The monoisotopic (exact) mass is 782 g/mol. The molecule has 1 aliphatic heterocycles. The van der Waals surface area contributed by atoms with Crippen molar-refractivity contribution in [2.45, 2.75) is 51.6 Å². The minimum atomic E-state index is -0.727. The normalized spacial score (nSPS) is 13.7. The van der Waals surface area contributed by atoms with Gasteiger partial charge in [0.15, 0.2) is 18.1 Å². The Kier molecular flexibility index (Phi) is 12.7. The molecule has 1 unspecified atom stereocenters. The van der Waals surface area contributed by atoms with Gasteiger partial charge in [0.25, 0.3) is 11.8 Å². The number of amides is 2. The predicted octanol–water partition coefficient (Wildman–Crippen LogP) is 7.96. The van der Waals surface area contributed by atoms with Crippen LogP contribution in [0.2, 0.25) is 5.02 Å². The molecular weight excluding hydrogens is 744 g/mol. The van der Waals surface area contributed by atoms with Gasteiger partial charge in [0.2, 0.25) is 11.1 Å². The Labute approximate surface area is 309 Å². The molecular formula is C36H40BrClN6O5S. The summed E-state index contributed by atoms with van der Waals surface area (Å²) in [5.41, 5.74) is 3.19. The van der Waals surface area contributed by atoms with Crippen molar-refractivity contribution >= 4 is 62.7 Å². The summed E-state index contributed by atoms with van der Waals surface area (Å²) >= 11 is 11.5. The third kappa shape index (κ3) is 8.39. The Hall–Kier alpha value is -4.20. The van der Waals surface area contributed by atoms with Crippen LogP contribution >= 0.6 is 39.3 Å². The summed E-state index contributed by atoms with van der Waals surface area (Å²) in [5.74, 6) is 1.90. The van der Waals surface area contributed by atoms with Crippen molar-refractivity contribution in [3.63, 3.8) is 0 Å². The molecule has 1 aromatic heterocycles. The maximum absolute atomic E-state index is 14.3. The second-order valence-electron chi connectivity index (χ2n) is 11.1. The highest BCUT2D eigenvalue weighted by atomic mass is 79.9. The van der Waals surface area contributed by atoms with Crippen LogP contribution < -0.4 is 24.8 Å². The Morgan fingerprint density at radius 3 is 2.42 bits per heavy atom. The molecule has 0 aliphatic carbocycles. The van der Waals surface area contributed by atoms with Crippen LogP contribution in [0.1, 0.15) is 51.8 Å². The molecule has 11 nitrogen and oxygen atoms in total. The number of carbonyl (C=O) groups excluding carboxylic acids is 2. The molecule has 1 aliphatic rings. The molecule has 0 radical (unpaired) electrons. The van der Waals surface area contributed by atoms with Gasteiger partial charge in [0, 0.05) is 29.6 Å². The summed E-state index contributed by atoms with van der Waals surface area (Å²) in [6.45, 7) is 11.2. The fraction of sp³-hybridized carbons (Fsp3) is 0.333. The van der Waals surface area contributed by atoms with Gasteiger partial charge >= 0.3 is 0 Å². The maximum Gasteiger partial charge on any atom is 0.260 e. The first-order chi connectivity index (χ1) is 24.2. The minimum Gasteiger partial charge on any atom is -0.492 e. The summed E-state index contributed by atoms with van der Waals surface area (Å²) in [7, 11) is 0. The first kappa shape index (κ1) is 37.1. The van der Waals surface area contributed by atoms with E-state index in [1.54, 1.807) is 15.6 Å². The smallest absolute Gasteiger partial charge is 0.260 e. The number of benzene rings is 3. The molecule has 2 N–H and O–H groups in total. The number of anilines is 2. The number of fused-ring (bicyclic) bond motifs is 1. The fourth-order valence-electron chi connectivity index (χ4n) is 5.54. The Bertz CT molecular complexity index is 1880. The average molecular weight is 784 g/mol. The van der Waals surface area contributed by atoms with Crippen molar-refractivity contribution in [1.82, 2.24) is 19.7 Å². The van der Waals surface area contributed by atoms with E-state index in [9.17, 15) is 9.59 Å². The van der Waals surface area contributed by atoms with Crippen LogP contribution in [0.25, 0.3) is 0 Å². The van der Waals surface area contributed by atoms with Gasteiger partial charge in [0.05, 0.1) is 28.9 Å². The average Bonchev–Trinajstić information content (AvgIpc) is 3.50. The highest BCUT2D eigenvalue weighted by Gasteiger charge is 2.36. The molecule has 3 aromatic carbocycles. The van der Waals surface area contributed by atoms with Crippen LogP contribution in [0.15, 0.2) is 81.6 Å². The number of hydrogen-bond donors (Lipinski definition) is 2. The molecule has 0 bridgehead atoms.